The van der Waals surface area contributed by atoms with Crippen LogP contribution in [0.2, 0.25) is 0 Å². The number of hydrogen-bond donors (Lipinski definition) is 1. The number of piperazine rings is 1. The Balaban J connectivity index is 1.75. The zero-order valence-electron chi connectivity index (χ0n) is 15.2. The van der Waals surface area contributed by atoms with Gasteiger partial charge in [-0.1, -0.05) is 13.8 Å². The molecule has 0 saturated carbocycles. The van der Waals surface area contributed by atoms with E-state index in [1.807, 2.05) is 11.8 Å². The Bertz CT molecular complexity index is 728. The lowest BCUT2D eigenvalue weighted by atomic mass is 10.0. The number of rotatable bonds is 5. The number of carbonyl (C=O) groups is 1. The van der Waals surface area contributed by atoms with Crippen LogP contribution in [0, 0.1) is 12.8 Å². The molecule has 0 spiro atoms. The number of H-pyrrole nitrogens is 1. The molecule has 1 amide bonds. The highest BCUT2D eigenvalue weighted by Gasteiger charge is 2.47. The summed E-state index contributed by atoms with van der Waals surface area (Å²) in [5.41, 5.74) is 1.95. The molecule has 0 radical (unpaired) electrons. The monoisotopic (exact) mass is 368 g/mol. The second-order valence-corrected chi connectivity index (χ2v) is 9.83. The van der Waals surface area contributed by atoms with E-state index >= 15 is 0 Å². The molecule has 2 saturated heterocycles. The van der Waals surface area contributed by atoms with Crippen molar-refractivity contribution in [2.45, 2.75) is 52.2 Å². The molecule has 3 heterocycles. The van der Waals surface area contributed by atoms with Gasteiger partial charge in [0.2, 0.25) is 5.91 Å². The molecular formula is C17H28N4O3S. The molecule has 1 aromatic heterocycles. The van der Waals surface area contributed by atoms with Crippen molar-refractivity contribution in [3.8, 4) is 0 Å². The van der Waals surface area contributed by atoms with Crippen LogP contribution in [0.4, 0.5) is 0 Å². The third-order valence-electron chi connectivity index (χ3n) is 5.33. The van der Waals surface area contributed by atoms with Gasteiger partial charge in [0.05, 0.1) is 29.6 Å². The van der Waals surface area contributed by atoms with Crippen LogP contribution in [0.3, 0.4) is 0 Å². The summed E-state index contributed by atoms with van der Waals surface area (Å²) in [6.07, 6.45) is 3.01. The van der Waals surface area contributed by atoms with Crippen LogP contribution in [0.1, 0.15) is 38.1 Å². The zero-order chi connectivity index (χ0) is 18.2. The van der Waals surface area contributed by atoms with E-state index in [0.29, 0.717) is 32.0 Å². The van der Waals surface area contributed by atoms with Crippen LogP contribution in [-0.4, -0.2) is 70.8 Å². The quantitative estimate of drug-likeness (QED) is 0.837. The zero-order valence-corrected chi connectivity index (χ0v) is 16.1. The van der Waals surface area contributed by atoms with Gasteiger partial charge in [0.1, 0.15) is 0 Å². The van der Waals surface area contributed by atoms with E-state index in [-0.39, 0.29) is 29.5 Å². The van der Waals surface area contributed by atoms with E-state index in [4.69, 9.17) is 0 Å². The average molecular weight is 369 g/mol. The van der Waals surface area contributed by atoms with Crippen LogP contribution in [0.25, 0.3) is 0 Å². The molecule has 0 unspecified atom stereocenters. The lowest BCUT2D eigenvalue weighted by Gasteiger charge is -2.44. The summed E-state index contributed by atoms with van der Waals surface area (Å²) in [5.74, 6) is 0.781. The number of aryl methyl sites for hydroxylation is 1. The molecule has 0 aliphatic carbocycles. The van der Waals surface area contributed by atoms with Crippen molar-refractivity contribution in [1.29, 1.82) is 0 Å². The van der Waals surface area contributed by atoms with Gasteiger partial charge in [-0.2, -0.15) is 0 Å². The third kappa shape index (κ3) is 4.06. The van der Waals surface area contributed by atoms with E-state index in [9.17, 15) is 13.2 Å². The lowest BCUT2D eigenvalue weighted by Crippen LogP contribution is -2.60. The van der Waals surface area contributed by atoms with Crippen molar-refractivity contribution in [3.05, 3.63) is 17.7 Å². The number of nitrogens with one attached hydrogen (secondary N) is 1. The highest BCUT2D eigenvalue weighted by Crippen LogP contribution is 2.29. The van der Waals surface area contributed by atoms with Crippen LogP contribution in [0.5, 0.6) is 0 Å². The van der Waals surface area contributed by atoms with Crippen molar-refractivity contribution >= 4 is 15.7 Å². The Labute approximate surface area is 149 Å². The molecular weight excluding hydrogens is 340 g/mol. The number of hydrogen-bond acceptors (Lipinski definition) is 5. The SMILES string of the molecule is Cc1[nH]cnc1CN1CCN(C(=O)CCC(C)C)[C@H]2CS(=O)(=O)C[C@H]21. The molecule has 2 fully saturated rings. The molecule has 1 N–H and O–H groups in total. The fraction of sp³-hybridized carbons (Fsp3) is 0.765. The third-order valence-corrected chi connectivity index (χ3v) is 7.03. The van der Waals surface area contributed by atoms with E-state index in [0.717, 1.165) is 17.8 Å². The first-order valence-electron chi connectivity index (χ1n) is 8.99. The van der Waals surface area contributed by atoms with Gasteiger partial charge in [0.25, 0.3) is 0 Å². The number of sulfone groups is 1. The number of fused-ring (bicyclic) bond motifs is 1. The largest absolute Gasteiger partial charge is 0.348 e. The van der Waals surface area contributed by atoms with Gasteiger partial charge in [-0.3, -0.25) is 9.69 Å². The predicted octanol–water partition coefficient (Wildman–Crippen LogP) is 0.964. The van der Waals surface area contributed by atoms with E-state index in [2.05, 4.69) is 28.7 Å². The Morgan fingerprint density at radius 2 is 2.04 bits per heavy atom. The summed E-state index contributed by atoms with van der Waals surface area (Å²) in [6.45, 7) is 8.07. The normalized spacial score (nSPS) is 26.2. The Morgan fingerprint density at radius 1 is 1.32 bits per heavy atom. The molecule has 3 rings (SSSR count). The van der Waals surface area contributed by atoms with Gasteiger partial charge in [-0.05, 0) is 19.3 Å². The van der Waals surface area contributed by atoms with Crippen molar-refractivity contribution in [2.75, 3.05) is 24.6 Å². The summed E-state index contributed by atoms with van der Waals surface area (Å²) in [6, 6.07) is -0.351. The lowest BCUT2D eigenvalue weighted by molar-refractivity contribution is -0.137. The average Bonchev–Trinajstić information content (AvgIpc) is 3.07. The minimum atomic E-state index is -3.11. The molecule has 0 bridgehead atoms. The molecule has 2 atom stereocenters. The molecule has 8 heteroatoms. The van der Waals surface area contributed by atoms with E-state index in [1.54, 1.807) is 6.33 Å². The first-order chi connectivity index (χ1) is 11.8. The standard InChI is InChI=1S/C17H28N4O3S/c1-12(2)4-5-17(22)21-7-6-20(8-14-13(3)18-11-19-14)15-9-25(23,24)10-16(15)21/h11-12,15-16H,4-10H2,1-3H3,(H,18,19)/t15-,16+/m1/s1. The Morgan fingerprint density at radius 3 is 2.68 bits per heavy atom. The maximum Gasteiger partial charge on any atom is 0.222 e. The van der Waals surface area contributed by atoms with Crippen molar-refractivity contribution < 1.29 is 13.2 Å². The predicted molar refractivity (Wildman–Crippen MR) is 95.7 cm³/mol. The summed E-state index contributed by atoms with van der Waals surface area (Å²) in [5, 5.41) is 0. The molecule has 140 valence electrons. The number of carbonyl (C=O) groups excluding carboxylic acids is 1. The molecule has 1 aromatic rings. The fourth-order valence-corrected chi connectivity index (χ4v) is 5.84. The second kappa shape index (κ2) is 7.07. The molecule has 0 aromatic carbocycles. The topological polar surface area (TPSA) is 86.4 Å². The molecule has 7 nitrogen and oxygen atoms in total. The van der Waals surface area contributed by atoms with Crippen LogP contribution in [0.15, 0.2) is 6.33 Å². The Kier molecular flexibility index (Phi) is 5.20. The number of nitrogens with zero attached hydrogens (tertiary/aromatic N) is 3. The maximum atomic E-state index is 12.6. The van der Waals surface area contributed by atoms with Gasteiger partial charge in [-0.25, -0.2) is 13.4 Å². The van der Waals surface area contributed by atoms with E-state index < -0.39 is 9.84 Å². The molecule has 2 aliphatic heterocycles. The number of aromatic nitrogens is 2. The molecule has 25 heavy (non-hydrogen) atoms. The van der Waals surface area contributed by atoms with Crippen molar-refractivity contribution in [1.82, 2.24) is 19.8 Å². The van der Waals surface area contributed by atoms with Crippen LogP contribution in [-0.2, 0) is 21.2 Å². The van der Waals surface area contributed by atoms with Gasteiger partial charge in [0, 0.05) is 37.8 Å². The number of amides is 1. The van der Waals surface area contributed by atoms with Crippen LogP contribution >= 0.6 is 0 Å². The summed E-state index contributed by atoms with van der Waals surface area (Å²) < 4.78 is 24.5. The first-order valence-corrected chi connectivity index (χ1v) is 10.8. The highest BCUT2D eigenvalue weighted by atomic mass is 32.2. The maximum absolute atomic E-state index is 12.6. The summed E-state index contributed by atoms with van der Waals surface area (Å²) >= 11 is 0. The van der Waals surface area contributed by atoms with Gasteiger partial charge >= 0.3 is 0 Å². The first kappa shape index (κ1) is 18.4. The molecule has 2 aliphatic rings. The van der Waals surface area contributed by atoms with Gasteiger partial charge in [0.15, 0.2) is 9.84 Å². The minimum absolute atomic E-state index is 0.0845. The number of imidazole rings is 1. The smallest absolute Gasteiger partial charge is 0.222 e. The minimum Gasteiger partial charge on any atom is -0.348 e. The van der Waals surface area contributed by atoms with Gasteiger partial charge in [-0.15, -0.1) is 0 Å². The number of aromatic amines is 1. The Hall–Kier alpha value is -1.41. The van der Waals surface area contributed by atoms with Crippen molar-refractivity contribution in [3.63, 3.8) is 0 Å². The summed E-state index contributed by atoms with van der Waals surface area (Å²) in [4.78, 5) is 24.0. The highest BCUT2D eigenvalue weighted by molar-refractivity contribution is 7.91. The van der Waals surface area contributed by atoms with E-state index in [1.165, 1.54) is 0 Å². The second-order valence-electron chi connectivity index (χ2n) is 7.68. The summed E-state index contributed by atoms with van der Waals surface area (Å²) in [7, 11) is -3.11. The van der Waals surface area contributed by atoms with Crippen LogP contribution < -0.4 is 0 Å². The van der Waals surface area contributed by atoms with Crippen molar-refractivity contribution in [2.24, 2.45) is 5.92 Å². The fourth-order valence-electron chi connectivity index (χ4n) is 3.83. The van der Waals surface area contributed by atoms with Gasteiger partial charge < -0.3 is 9.88 Å².